The maximum atomic E-state index is 13.1. The van der Waals surface area contributed by atoms with E-state index in [9.17, 15) is 14.4 Å². The topological polar surface area (TPSA) is 114 Å². The largest absolute Gasteiger partial charge is 0.455 e. The average molecular weight is 433 g/mol. The van der Waals surface area contributed by atoms with Crippen molar-refractivity contribution in [3.8, 4) is 0 Å². The second kappa shape index (κ2) is 12.9. The van der Waals surface area contributed by atoms with Gasteiger partial charge in [0.15, 0.2) is 0 Å². The zero-order valence-corrected chi connectivity index (χ0v) is 18.1. The standard InChI is InChI=1S/C23H32N2O6/c1-16(14-26)24-20(27)13-18-11-7-4-8-12-21(28)31-22(17-9-5-3-6-10-17)19(15-30-2)25-23(18)29/h3-7,9-10,16,18-19,22,26H,8,11-15H2,1-2H3,(H,24,27)(H,25,29)/t16-,18-,19+,22+/m1/s1. The number of carbonyl (C=O) groups excluding carboxylic acids is 3. The Kier molecular flexibility index (Phi) is 10.2. The van der Waals surface area contributed by atoms with Crippen LogP contribution < -0.4 is 10.6 Å². The molecule has 0 spiro atoms. The number of ether oxygens (including phenoxy) is 2. The minimum atomic E-state index is -0.718. The van der Waals surface area contributed by atoms with Crippen LogP contribution in [0.25, 0.3) is 0 Å². The normalized spacial score (nSPS) is 23.6. The Balaban J connectivity index is 2.27. The van der Waals surface area contributed by atoms with E-state index in [1.165, 1.54) is 7.11 Å². The molecule has 2 amide bonds. The van der Waals surface area contributed by atoms with Crippen LogP contribution in [0.3, 0.4) is 0 Å². The monoisotopic (exact) mass is 432 g/mol. The molecule has 1 heterocycles. The maximum Gasteiger partial charge on any atom is 0.306 e. The van der Waals surface area contributed by atoms with Crippen LogP contribution >= 0.6 is 0 Å². The Hall–Kier alpha value is -2.71. The third kappa shape index (κ3) is 8.15. The molecule has 8 heteroatoms. The molecule has 0 unspecified atom stereocenters. The first-order chi connectivity index (χ1) is 14.9. The summed E-state index contributed by atoms with van der Waals surface area (Å²) in [5.74, 6) is -1.59. The highest BCUT2D eigenvalue weighted by atomic mass is 16.5. The molecule has 0 aromatic heterocycles. The number of rotatable bonds is 7. The van der Waals surface area contributed by atoms with E-state index in [1.54, 1.807) is 6.92 Å². The van der Waals surface area contributed by atoms with Crippen LogP contribution in [-0.4, -0.2) is 55.3 Å². The summed E-state index contributed by atoms with van der Waals surface area (Å²) >= 11 is 0. The van der Waals surface area contributed by atoms with E-state index in [-0.39, 0.29) is 49.9 Å². The smallest absolute Gasteiger partial charge is 0.306 e. The molecule has 0 bridgehead atoms. The molecular weight excluding hydrogens is 400 g/mol. The molecule has 170 valence electrons. The van der Waals surface area contributed by atoms with Crippen molar-refractivity contribution in [3.63, 3.8) is 0 Å². The van der Waals surface area contributed by atoms with Crippen molar-refractivity contribution >= 4 is 17.8 Å². The Morgan fingerprint density at radius 3 is 2.71 bits per heavy atom. The van der Waals surface area contributed by atoms with Gasteiger partial charge in [0.1, 0.15) is 6.10 Å². The fourth-order valence-electron chi connectivity index (χ4n) is 3.38. The molecule has 1 aromatic rings. The number of carbonyl (C=O) groups is 3. The van der Waals surface area contributed by atoms with Crippen molar-refractivity contribution in [3.05, 3.63) is 48.0 Å². The average Bonchev–Trinajstić information content (AvgIpc) is 2.75. The van der Waals surface area contributed by atoms with E-state index in [2.05, 4.69) is 10.6 Å². The SMILES string of the molecule is COC[C@@H]1NC(=O)[C@@H](CC(=O)N[C@H](C)CO)CC=CCCC(=O)O[C@H]1c1ccccc1. The molecule has 31 heavy (non-hydrogen) atoms. The van der Waals surface area contributed by atoms with Gasteiger partial charge >= 0.3 is 5.97 Å². The summed E-state index contributed by atoms with van der Waals surface area (Å²) in [5, 5.41) is 14.7. The molecule has 1 aliphatic heterocycles. The number of esters is 1. The first-order valence-electron chi connectivity index (χ1n) is 10.5. The molecule has 0 saturated heterocycles. The van der Waals surface area contributed by atoms with Gasteiger partial charge in [-0.1, -0.05) is 42.5 Å². The van der Waals surface area contributed by atoms with Gasteiger partial charge in [-0.2, -0.15) is 0 Å². The van der Waals surface area contributed by atoms with Crippen LogP contribution in [0.15, 0.2) is 42.5 Å². The number of cyclic esters (lactones) is 1. The molecule has 0 aliphatic carbocycles. The molecule has 3 N–H and O–H groups in total. The van der Waals surface area contributed by atoms with Gasteiger partial charge in [-0.3, -0.25) is 14.4 Å². The second-order valence-electron chi connectivity index (χ2n) is 7.69. The zero-order valence-electron chi connectivity index (χ0n) is 18.1. The summed E-state index contributed by atoms with van der Waals surface area (Å²) in [6.45, 7) is 1.64. The third-order valence-corrected chi connectivity index (χ3v) is 5.01. The molecule has 1 aromatic carbocycles. The molecule has 0 saturated carbocycles. The predicted octanol–water partition coefficient (Wildman–Crippen LogP) is 1.65. The Bertz CT molecular complexity index is 752. The van der Waals surface area contributed by atoms with E-state index in [0.717, 1.165) is 5.56 Å². The van der Waals surface area contributed by atoms with Crippen molar-refractivity contribution < 1.29 is 29.0 Å². The van der Waals surface area contributed by atoms with E-state index in [0.29, 0.717) is 12.8 Å². The summed E-state index contributed by atoms with van der Waals surface area (Å²) in [7, 11) is 1.51. The minimum Gasteiger partial charge on any atom is -0.455 e. The fourth-order valence-corrected chi connectivity index (χ4v) is 3.38. The number of nitrogens with one attached hydrogen (secondary N) is 2. The quantitative estimate of drug-likeness (QED) is 0.446. The first-order valence-corrected chi connectivity index (χ1v) is 10.5. The molecule has 2 rings (SSSR count). The Morgan fingerprint density at radius 2 is 2.03 bits per heavy atom. The van der Waals surface area contributed by atoms with Crippen LogP contribution in [0.5, 0.6) is 0 Å². The molecule has 0 fully saturated rings. The molecule has 0 radical (unpaired) electrons. The van der Waals surface area contributed by atoms with Gasteiger partial charge in [0, 0.05) is 26.0 Å². The van der Waals surface area contributed by atoms with Gasteiger partial charge in [-0.05, 0) is 25.3 Å². The van der Waals surface area contributed by atoms with Crippen LogP contribution in [-0.2, 0) is 23.9 Å². The molecular formula is C23H32N2O6. The van der Waals surface area contributed by atoms with Gasteiger partial charge < -0.3 is 25.2 Å². The minimum absolute atomic E-state index is 0.0179. The van der Waals surface area contributed by atoms with Crippen molar-refractivity contribution in [2.24, 2.45) is 5.92 Å². The van der Waals surface area contributed by atoms with E-state index >= 15 is 0 Å². The number of amides is 2. The van der Waals surface area contributed by atoms with Gasteiger partial charge in [0.25, 0.3) is 0 Å². The molecule has 4 atom stereocenters. The van der Waals surface area contributed by atoms with Crippen molar-refractivity contribution in [2.45, 2.75) is 50.8 Å². The molecule has 1 aliphatic rings. The third-order valence-electron chi connectivity index (χ3n) is 5.01. The lowest BCUT2D eigenvalue weighted by atomic mass is 9.96. The van der Waals surface area contributed by atoms with Gasteiger partial charge in [-0.15, -0.1) is 0 Å². The lowest BCUT2D eigenvalue weighted by Gasteiger charge is -2.29. The van der Waals surface area contributed by atoms with Crippen LogP contribution in [0.1, 0.15) is 44.3 Å². The van der Waals surface area contributed by atoms with Gasteiger partial charge in [0.2, 0.25) is 11.8 Å². The predicted molar refractivity (Wildman–Crippen MR) is 115 cm³/mol. The highest BCUT2D eigenvalue weighted by Crippen LogP contribution is 2.24. The second-order valence-corrected chi connectivity index (χ2v) is 7.69. The fraction of sp³-hybridized carbons (Fsp3) is 0.522. The number of methoxy groups -OCH3 is 1. The summed E-state index contributed by atoms with van der Waals surface area (Å²) in [6.07, 6.45) is 3.95. The first kappa shape index (κ1) is 24.6. The Morgan fingerprint density at radius 1 is 1.29 bits per heavy atom. The van der Waals surface area contributed by atoms with Crippen molar-refractivity contribution in [1.82, 2.24) is 10.6 Å². The van der Waals surface area contributed by atoms with Crippen LogP contribution in [0.4, 0.5) is 0 Å². The summed E-state index contributed by atoms with van der Waals surface area (Å²) in [6, 6.07) is 8.19. The number of hydrogen-bond acceptors (Lipinski definition) is 6. The molecule has 8 nitrogen and oxygen atoms in total. The van der Waals surface area contributed by atoms with Crippen molar-refractivity contribution in [2.75, 3.05) is 20.3 Å². The maximum absolute atomic E-state index is 13.1. The zero-order chi connectivity index (χ0) is 22.6. The van der Waals surface area contributed by atoms with E-state index < -0.39 is 18.1 Å². The lowest BCUT2D eigenvalue weighted by Crippen LogP contribution is -2.47. The highest BCUT2D eigenvalue weighted by Gasteiger charge is 2.31. The number of aliphatic hydroxyl groups is 1. The summed E-state index contributed by atoms with van der Waals surface area (Å²) in [4.78, 5) is 37.8. The van der Waals surface area contributed by atoms with Gasteiger partial charge in [-0.25, -0.2) is 0 Å². The number of allylic oxidation sites excluding steroid dienone is 2. The highest BCUT2D eigenvalue weighted by molar-refractivity contribution is 5.86. The van der Waals surface area contributed by atoms with Crippen LogP contribution in [0.2, 0.25) is 0 Å². The lowest BCUT2D eigenvalue weighted by molar-refractivity contribution is -0.153. The summed E-state index contributed by atoms with van der Waals surface area (Å²) < 4.78 is 11.0. The van der Waals surface area contributed by atoms with Gasteiger partial charge in [0.05, 0.1) is 25.2 Å². The van der Waals surface area contributed by atoms with Crippen LogP contribution in [0, 0.1) is 5.92 Å². The van der Waals surface area contributed by atoms with Crippen molar-refractivity contribution in [1.29, 1.82) is 0 Å². The van der Waals surface area contributed by atoms with E-state index in [4.69, 9.17) is 14.6 Å². The summed E-state index contributed by atoms with van der Waals surface area (Å²) in [5.41, 5.74) is 0.747. The Labute approximate surface area is 183 Å². The number of hydrogen-bond donors (Lipinski definition) is 3. The number of benzene rings is 1. The van der Waals surface area contributed by atoms with E-state index in [1.807, 2.05) is 42.5 Å². The number of aliphatic hydroxyl groups excluding tert-OH is 1.